The fraction of sp³-hybridized carbons (Fsp3) is 0.538. The summed E-state index contributed by atoms with van der Waals surface area (Å²) in [6, 6.07) is 7.65. The molecule has 17 heavy (non-hydrogen) atoms. The molecule has 1 aromatic rings. The van der Waals surface area contributed by atoms with Crippen LogP contribution in [-0.4, -0.2) is 12.2 Å². The molecule has 2 aliphatic rings. The highest BCUT2D eigenvalue weighted by atomic mass is 31.2. The van der Waals surface area contributed by atoms with Gasteiger partial charge in [-0.05, 0) is 44.2 Å². The Morgan fingerprint density at radius 2 is 1.59 bits per heavy atom. The number of rotatable bonds is 5. The average Bonchev–Trinajstić information content (AvgIpc) is 3.16. The van der Waals surface area contributed by atoms with Gasteiger partial charge in [-0.1, -0.05) is 18.2 Å². The highest BCUT2D eigenvalue weighted by Crippen LogP contribution is 2.56. The van der Waals surface area contributed by atoms with Crippen LogP contribution in [0.25, 0.3) is 0 Å². The Kier molecular flexibility index (Phi) is 2.86. The molecule has 0 atom stereocenters. The molecule has 0 saturated heterocycles. The fourth-order valence-corrected chi connectivity index (χ4v) is 4.01. The van der Waals surface area contributed by atoms with Crippen molar-refractivity contribution >= 4 is 12.9 Å². The molecule has 0 unspecified atom stereocenters. The van der Waals surface area contributed by atoms with Gasteiger partial charge in [0, 0.05) is 0 Å². The van der Waals surface area contributed by atoms with Gasteiger partial charge < -0.3 is 9.05 Å². The van der Waals surface area contributed by atoms with Crippen molar-refractivity contribution in [2.75, 3.05) is 0 Å². The van der Waals surface area contributed by atoms with Gasteiger partial charge in [0.05, 0.1) is 17.5 Å². The highest BCUT2D eigenvalue weighted by Gasteiger charge is 2.41. The van der Waals surface area contributed by atoms with Crippen molar-refractivity contribution < 1.29 is 13.6 Å². The molecule has 3 rings (SSSR count). The van der Waals surface area contributed by atoms with Gasteiger partial charge >= 0.3 is 7.60 Å². The van der Waals surface area contributed by atoms with Crippen LogP contribution in [0.3, 0.4) is 0 Å². The van der Waals surface area contributed by atoms with Crippen molar-refractivity contribution in [3.63, 3.8) is 0 Å². The minimum Gasteiger partial charge on any atom is -0.302 e. The monoisotopic (exact) mass is 252 g/mol. The SMILES string of the molecule is Cc1ccccc1P(=O)(OC1CC1)OC1CC1. The van der Waals surface area contributed by atoms with Crippen molar-refractivity contribution in [2.24, 2.45) is 0 Å². The van der Waals surface area contributed by atoms with Gasteiger partial charge in [0.15, 0.2) is 0 Å². The minimum absolute atomic E-state index is 0.138. The van der Waals surface area contributed by atoms with Crippen molar-refractivity contribution in [3.8, 4) is 0 Å². The summed E-state index contributed by atoms with van der Waals surface area (Å²) in [5.74, 6) is 0. The Balaban J connectivity index is 1.90. The van der Waals surface area contributed by atoms with E-state index in [1.165, 1.54) is 0 Å². The summed E-state index contributed by atoms with van der Waals surface area (Å²) in [7, 11) is -3.10. The Morgan fingerprint density at radius 1 is 1.06 bits per heavy atom. The molecule has 0 heterocycles. The molecule has 3 nitrogen and oxygen atoms in total. The maximum absolute atomic E-state index is 12.9. The summed E-state index contributed by atoms with van der Waals surface area (Å²) < 4.78 is 24.3. The number of aryl methyl sites for hydroxylation is 1. The zero-order valence-corrected chi connectivity index (χ0v) is 10.9. The molecule has 2 aliphatic carbocycles. The summed E-state index contributed by atoms with van der Waals surface area (Å²) in [5, 5.41) is 0.735. The molecule has 0 amide bonds. The van der Waals surface area contributed by atoms with E-state index in [2.05, 4.69) is 0 Å². The van der Waals surface area contributed by atoms with Crippen LogP contribution in [0, 0.1) is 6.92 Å². The lowest BCUT2D eigenvalue weighted by Gasteiger charge is -2.20. The van der Waals surface area contributed by atoms with Crippen LogP contribution < -0.4 is 5.30 Å². The van der Waals surface area contributed by atoms with Gasteiger partial charge in [0.1, 0.15) is 0 Å². The standard InChI is InChI=1S/C13H17O3P/c1-10-4-2-3-5-13(10)17(14,15-11-6-7-11)16-12-8-9-12/h2-5,11-12H,6-9H2,1H3. The van der Waals surface area contributed by atoms with Crippen LogP contribution in [0.5, 0.6) is 0 Å². The molecule has 2 saturated carbocycles. The molecule has 0 bridgehead atoms. The molecule has 2 fully saturated rings. The van der Waals surface area contributed by atoms with Crippen molar-refractivity contribution in [1.82, 2.24) is 0 Å². The summed E-state index contributed by atoms with van der Waals surface area (Å²) in [6.07, 6.45) is 4.29. The van der Waals surface area contributed by atoms with E-state index >= 15 is 0 Å². The Bertz CT molecular complexity index is 445. The van der Waals surface area contributed by atoms with Crippen LogP contribution in [0.2, 0.25) is 0 Å². The second-order valence-corrected chi connectivity index (χ2v) is 6.79. The quantitative estimate of drug-likeness (QED) is 0.755. The van der Waals surface area contributed by atoms with Gasteiger partial charge in [0.25, 0.3) is 0 Å². The van der Waals surface area contributed by atoms with Crippen molar-refractivity contribution in [3.05, 3.63) is 29.8 Å². The van der Waals surface area contributed by atoms with E-state index in [9.17, 15) is 4.57 Å². The van der Waals surface area contributed by atoms with Crippen LogP contribution >= 0.6 is 7.60 Å². The first kappa shape index (κ1) is 11.5. The predicted molar refractivity (Wildman–Crippen MR) is 66.6 cm³/mol. The maximum Gasteiger partial charge on any atom is 0.362 e. The summed E-state index contributed by atoms with van der Waals surface area (Å²) in [6.45, 7) is 1.95. The average molecular weight is 252 g/mol. The van der Waals surface area contributed by atoms with Crippen molar-refractivity contribution in [1.29, 1.82) is 0 Å². The van der Waals surface area contributed by atoms with E-state index in [1.807, 2.05) is 31.2 Å². The van der Waals surface area contributed by atoms with E-state index in [4.69, 9.17) is 9.05 Å². The van der Waals surface area contributed by atoms with Gasteiger partial charge in [-0.25, -0.2) is 0 Å². The second-order valence-electron chi connectivity index (χ2n) is 4.89. The largest absolute Gasteiger partial charge is 0.362 e. The van der Waals surface area contributed by atoms with Crippen LogP contribution in [-0.2, 0) is 13.6 Å². The first-order valence-corrected chi connectivity index (χ1v) is 7.75. The third-order valence-electron chi connectivity index (χ3n) is 3.03. The third kappa shape index (κ3) is 2.62. The Labute approximate surface area is 102 Å². The topological polar surface area (TPSA) is 35.5 Å². The summed E-state index contributed by atoms with van der Waals surface area (Å²) in [4.78, 5) is 0. The zero-order chi connectivity index (χ0) is 11.9. The number of hydrogen-bond donors (Lipinski definition) is 0. The molecule has 4 heteroatoms. The normalized spacial score (nSPS) is 20.5. The van der Waals surface area contributed by atoms with E-state index in [0.29, 0.717) is 0 Å². The molecule has 0 spiro atoms. The highest BCUT2D eigenvalue weighted by molar-refractivity contribution is 7.62. The van der Waals surface area contributed by atoms with E-state index in [1.54, 1.807) is 0 Å². The number of benzene rings is 1. The maximum atomic E-state index is 12.9. The molecular weight excluding hydrogens is 235 g/mol. The molecule has 0 aliphatic heterocycles. The molecule has 92 valence electrons. The van der Waals surface area contributed by atoms with E-state index in [-0.39, 0.29) is 12.2 Å². The van der Waals surface area contributed by atoms with Gasteiger partial charge in [-0.15, -0.1) is 0 Å². The smallest absolute Gasteiger partial charge is 0.302 e. The Hall–Kier alpha value is -0.630. The molecule has 0 N–H and O–H groups in total. The predicted octanol–water partition coefficient (Wildman–Crippen LogP) is 3.17. The second kappa shape index (κ2) is 4.24. The van der Waals surface area contributed by atoms with Crippen molar-refractivity contribution in [2.45, 2.75) is 44.8 Å². The van der Waals surface area contributed by atoms with E-state index < -0.39 is 7.60 Å². The summed E-state index contributed by atoms with van der Waals surface area (Å²) >= 11 is 0. The molecule has 0 aromatic heterocycles. The summed E-state index contributed by atoms with van der Waals surface area (Å²) in [5.41, 5.74) is 0.983. The number of hydrogen-bond acceptors (Lipinski definition) is 3. The van der Waals surface area contributed by atoms with Crippen LogP contribution in [0.15, 0.2) is 24.3 Å². The van der Waals surface area contributed by atoms with Gasteiger partial charge in [0.2, 0.25) is 0 Å². The van der Waals surface area contributed by atoms with Crippen LogP contribution in [0.1, 0.15) is 31.2 Å². The van der Waals surface area contributed by atoms with Gasteiger partial charge in [-0.3, -0.25) is 4.57 Å². The third-order valence-corrected chi connectivity index (χ3v) is 5.28. The lowest BCUT2D eigenvalue weighted by atomic mass is 10.2. The van der Waals surface area contributed by atoms with Crippen LogP contribution in [0.4, 0.5) is 0 Å². The van der Waals surface area contributed by atoms with E-state index in [0.717, 1.165) is 36.6 Å². The molecule has 0 radical (unpaired) electrons. The lowest BCUT2D eigenvalue weighted by Crippen LogP contribution is -2.15. The zero-order valence-electron chi connectivity index (χ0n) is 9.96. The fourth-order valence-electron chi connectivity index (χ4n) is 1.75. The lowest BCUT2D eigenvalue weighted by molar-refractivity contribution is 0.198. The minimum atomic E-state index is -3.10. The first-order valence-electron chi connectivity index (χ1n) is 6.20. The first-order chi connectivity index (χ1) is 8.17. The molecule has 1 aromatic carbocycles. The Morgan fingerprint density at radius 3 is 2.06 bits per heavy atom. The molecular formula is C13H17O3P. The van der Waals surface area contributed by atoms with Gasteiger partial charge in [-0.2, -0.15) is 0 Å².